The third-order valence-electron chi connectivity index (χ3n) is 2.40. The average molecular weight is 321 g/mol. The van der Waals surface area contributed by atoms with Crippen LogP contribution in [0.4, 0.5) is 10.1 Å². The summed E-state index contributed by atoms with van der Waals surface area (Å²) in [6.45, 7) is 0. The second-order valence-electron chi connectivity index (χ2n) is 3.70. The molecule has 0 heterocycles. The van der Waals surface area contributed by atoms with Gasteiger partial charge in [0.05, 0.1) is 21.0 Å². The third-order valence-corrected chi connectivity index (χ3v) is 3.42. The molecule has 0 bridgehead atoms. The van der Waals surface area contributed by atoms with Crippen LogP contribution < -0.4 is 0 Å². The van der Waals surface area contributed by atoms with E-state index < -0.39 is 10.7 Å². The van der Waals surface area contributed by atoms with E-state index in [0.29, 0.717) is 10.6 Å². The number of hydrogen-bond donors (Lipinski definition) is 0. The first-order valence-electron chi connectivity index (χ1n) is 4.98. The molecule has 98 valence electrons. The van der Waals surface area contributed by atoms with Gasteiger partial charge in [-0.2, -0.15) is 0 Å². The van der Waals surface area contributed by atoms with Crippen molar-refractivity contribution in [3.63, 3.8) is 0 Å². The predicted molar refractivity (Wildman–Crippen MR) is 73.5 cm³/mol. The van der Waals surface area contributed by atoms with Crippen LogP contribution in [-0.2, 0) is 0 Å². The highest BCUT2D eigenvalue weighted by Crippen LogP contribution is 2.37. The summed E-state index contributed by atoms with van der Waals surface area (Å²) in [7, 11) is 0. The van der Waals surface area contributed by atoms with Gasteiger partial charge in [0.2, 0.25) is 0 Å². The molecular weight excluding hydrogens is 315 g/mol. The fraction of sp³-hybridized carbons (Fsp3) is 0. The van der Waals surface area contributed by atoms with Crippen molar-refractivity contribution in [2.45, 2.75) is 0 Å². The van der Waals surface area contributed by atoms with E-state index in [9.17, 15) is 14.5 Å². The first-order chi connectivity index (χ1) is 8.88. The normalized spacial score (nSPS) is 10.5. The summed E-state index contributed by atoms with van der Waals surface area (Å²) < 4.78 is 13.4. The number of rotatable bonds is 2. The van der Waals surface area contributed by atoms with Crippen LogP contribution in [0.3, 0.4) is 0 Å². The Morgan fingerprint density at radius 2 is 1.74 bits per heavy atom. The highest BCUT2D eigenvalue weighted by Gasteiger charge is 2.15. The zero-order valence-corrected chi connectivity index (χ0v) is 11.4. The molecule has 2 aromatic carbocycles. The van der Waals surface area contributed by atoms with Crippen molar-refractivity contribution in [1.29, 1.82) is 0 Å². The van der Waals surface area contributed by atoms with E-state index in [1.54, 1.807) is 0 Å². The van der Waals surface area contributed by atoms with Gasteiger partial charge in [-0.1, -0.05) is 34.8 Å². The Hall–Kier alpha value is -1.36. The van der Waals surface area contributed by atoms with E-state index in [1.807, 2.05) is 0 Å². The van der Waals surface area contributed by atoms with Crippen LogP contribution in [0.1, 0.15) is 0 Å². The van der Waals surface area contributed by atoms with Crippen molar-refractivity contribution in [2.24, 2.45) is 0 Å². The summed E-state index contributed by atoms with van der Waals surface area (Å²) in [6, 6.07) is 6.05. The number of nitro benzene ring substituents is 1. The Labute approximate surface area is 122 Å². The molecule has 0 spiro atoms. The highest BCUT2D eigenvalue weighted by molar-refractivity contribution is 6.45. The summed E-state index contributed by atoms with van der Waals surface area (Å²) in [5, 5.41) is 11.4. The van der Waals surface area contributed by atoms with Crippen LogP contribution in [0.5, 0.6) is 0 Å². The van der Waals surface area contributed by atoms with Gasteiger partial charge in [0.25, 0.3) is 5.69 Å². The van der Waals surface area contributed by atoms with E-state index in [-0.39, 0.29) is 21.3 Å². The second-order valence-corrected chi connectivity index (χ2v) is 4.93. The lowest BCUT2D eigenvalue weighted by Crippen LogP contribution is -1.91. The zero-order valence-electron chi connectivity index (χ0n) is 9.16. The van der Waals surface area contributed by atoms with Gasteiger partial charge in [-0.15, -0.1) is 0 Å². The molecule has 0 aliphatic carbocycles. The standard InChI is InChI=1S/C12H5Cl3FNO2/c13-7-3-10(12(15)11(14)4-7)6-1-8(16)5-9(2-6)17(18)19/h1-5H. The smallest absolute Gasteiger partial charge is 0.258 e. The summed E-state index contributed by atoms with van der Waals surface area (Å²) in [6.07, 6.45) is 0. The van der Waals surface area contributed by atoms with Crippen LogP contribution in [0.25, 0.3) is 11.1 Å². The molecule has 0 amide bonds. The number of nitro groups is 1. The molecular formula is C12H5Cl3FNO2. The minimum atomic E-state index is -0.739. The molecule has 19 heavy (non-hydrogen) atoms. The molecule has 0 radical (unpaired) electrons. The van der Waals surface area contributed by atoms with Gasteiger partial charge in [-0.3, -0.25) is 10.1 Å². The first-order valence-corrected chi connectivity index (χ1v) is 6.12. The van der Waals surface area contributed by atoms with Crippen LogP contribution >= 0.6 is 34.8 Å². The number of hydrogen-bond acceptors (Lipinski definition) is 2. The van der Waals surface area contributed by atoms with E-state index in [4.69, 9.17) is 34.8 Å². The van der Waals surface area contributed by atoms with Crippen LogP contribution in [0.2, 0.25) is 15.1 Å². The van der Waals surface area contributed by atoms with Crippen LogP contribution in [0, 0.1) is 15.9 Å². The molecule has 0 N–H and O–H groups in total. The Balaban J connectivity index is 2.68. The summed E-state index contributed by atoms with van der Waals surface area (Å²) in [5.41, 5.74) is 0.199. The van der Waals surface area contributed by atoms with Crippen molar-refractivity contribution >= 4 is 40.5 Å². The van der Waals surface area contributed by atoms with Gasteiger partial charge in [-0.05, 0) is 23.8 Å². The van der Waals surface area contributed by atoms with Gasteiger partial charge < -0.3 is 0 Å². The van der Waals surface area contributed by atoms with E-state index in [1.165, 1.54) is 18.2 Å². The van der Waals surface area contributed by atoms with E-state index >= 15 is 0 Å². The maximum Gasteiger partial charge on any atom is 0.272 e. The number of nitrogens with zero attached hydrogens (tertiary/aromatic N) is 1. The third kappa shape index (κ3) is 2.97. The minimum Gasteiger partial charge on any atom is -0.258 e. The average Bonchev–Trinajstić information content (AvgIpc) is 2.32. The summed E-state index contributed by atoms with van der Waals surface area (Å²) >= 11 is 17.7. The fourth-order valence-electron chi connectivity index (χ4n) is 1.60. The van der Waals surface area contributed by atoms with Crippen molar-refractivity contribution in [3.8, 4) is 11.1 Å². The maximum absolute atomic E-state index is 13.4. The van der Waals surface area contributed by atoms with Gasteiger partial charge in [0.15, 0.2) is 0 Å². The van der Waals surface area contributed by atoms with Gasteiger partial charge >= 0.3 is 0 Å². The second kappa shape index (κ2) is 5.33. The SMILES string of the molecule is O=[N+]([O-])c1cc(F)cc(-c2cc(Cl)cc(Cl)c2Cl)c1. The zero-order chi connectivity index (χ0) is 14.2. The predicted octanol–water partition coefficient (Wildman–Crippen LogP) is 5.36. The van der Waals surface area contributed by atoms with E-state index in [2.05, 4.69) is 0 Å². The van der Waals surface area contributed by atoms with Crippen molar-refractivity contribution in [2.75, 3.05) is 0 Å². The van der Waals surface area contributed by atoms with Crippen molar-refractivity contribution < 1.29 is 9.31 Å². The molecule has 0 saturated carbocycles. The molecule has 0 unspecified atom stereocenters. The molecule has 2 rings (SSSR count). The molecule has 0 aliphatic heterocycles. The largest absolute Gasteiger partial charge is 0.272 e. The number of benzene rings is 2. The molecule has 7 heteroatoms. The first kappa shape index (κ1) is 14.1. The molecule has 0 fully saturated rings. The van der Waals surface area contributed by atoms with E-state index in [0.717, 1.165) is 12.1 Å². The maximum atomic E-state index is 13.4. The number of non-ortho nitro benzene ring substituents is 1. The molecule has 2 aromatic rings. The highest BCUT2D eigenvalue weighted by atomic mass is 35.5. The Kier molecular flexibility index (Phi) is 3.94. The molecule has 0 aliphatic rings. The lowest BCUT2D eigenvalue weighted by molar-refractivity contribution is -0.385. The molecule has 0 aromatic heterocycles. The van der Waals surface area contributed by atoms with Crippen LogP contribution in [-0.4, -0.2) is 4.92 Å². The lowest BCUT2D eigenvalue weighted by atomic mass is 10.0. The lowest BCUT2D eigenvalue weighted by Gasteiger charge is -2.07. The Morgan fingerprint density at radius 1 is 1.05 bits per heavy atom. The van der Waals surface area contributed by atoms with Gasteiger partial charge in [0.1, 0.15) is 5.82 Å². The minimum absolute atomic E-state index is 0.158. The fourth-order valence-corrected chi connectivity index (χ4v) is 2.31. The number of halogens is 4. The van der Waals surface area contributed by atoms with Crippen LogP contribution in [0.15, 0.2) is 30.3 Å². The van der Waals surface area contributed by atoms with Gasteiger partial charge in [-0.25, -0.2) is 4.39 Å². The molecule has 0 atom stereocenters. The van der Waals surface area contributed by atoms with Gasteiger partial charge in [0, 0.05) is 16.7 Å². The Bertz CT molecular complexity index is 676. The van der Waals surface area contributed by atoms with Crippen molar-refractivity contribution in [3.05, 3.63) is 61.3 Å². The molecule has 0 saturated heterocycles. The Morgan fingerprint density at radius 3 is 2.37 bits per heavy atom. The topological polar surface area (TPSA) is 43.1 Å². The summed E-state index contributed by atoms with van der Waals surface area (Å²) in [5.74, 6) is -0.739. The molecule has 3 nitrogen and oxygen atoms in total. The quantitative estimate of drug-likeness (QED) is 0.424. The van der Waals surface area contributed by atoms with Crippen molar-refractivity contribution in [1.82, 2.24) is 0 Å². The monoisotopic (exact) mass is 319 g/mol. The summed E-state index contributed by atoms with van der Waals surface area (Å²) in [4.78, 5) is 10.0.